The van der Waals surface area contributed by atoms with E-state index in [-0.39, 0.29) is 11.7 Å². The molecule has 4 heteroatoms. The van der Waals surface area contributed by atoms with Gasteiger partial charge in [-0.1, -0.05) is 19.1 Å². The summed E-state index contributed by atoms with van der Waals surface area (Å²) in [5.74, 6) is -0.353. The van der Waals surface area contributed by atoms with Gasteiger partial charge in [0.25, 0.3) is 0 Å². The Bertz CT molecular complexity index is 342. The van der Waals surface area contributed by atoms with Crippen LogP contribution in [-0.2, 0) is 11.3 Å². The van der Waals surface area contributed by atoms with E-state index in [1.54, 1.807) is 12.1 Å². The predicted molar refractivity (Wildman–Crippen MR) is 61.4 cm³/mol. The molecule has 3 nitrogen and oxygen atoms in total. The van der Waals surface area contributed by atoms with Gasteiger partial charge >= 0.3 is 0 Å². The highest BCUT2D eigenvalue weighted by atomic mass is 19.1. The third kappa shape index (κ3) is 4.89. The maximum atomic E-state index is 12.8. The molecule has 0 aromatic heterocycles. The molecule has 0 fully saturated rings. The smallest absolute Gasteiger partial charge is 0.234 e. The predicted octanol–water partition coefficient (Wildman–Crippen LogP) is 1.44. The normalized spacial score (nSPS) is 10.1. The molecule has 1 amide bonds. The summed E-state index contributed by atoms with van der Waals surface area (Å²) < 4.78 is 12.8. The summed E-state index contributed by atoms with van der Waals surface area (Å²) >= 11 is 0. The molecule has 0 aliphatic heterocycles. The number of halogens is 1. The highest BCUT2D eigenvalue weighted by Crippen LogP contribution is 2.02. The quantitative estimate of drug-likeness (QED) is 0.718. The molecule has 0 aliphatic carbocycles. The number of hydrogen-bond donors (Lipinski definition) is 2. The summed E-state index contributed by atoms with van der Waals surface area (Å²) in [5.41, 5.74) is 0.767. The van der Waals surface area contributed by atoms with E-state index in [1.807, 2.05) is 6.92 Å². The number of amides is 1. The van der Waals surface area contributed by atoms with Gasteiger partial charge in [0.2, 0.25) is 5.91 Å². The number of carbonyl (C=O) groups is 1. The van der Waals surface area contributed by atoms with Crippen LogP contribution in [0, 0.1) is 5.82 Å². The van der Waals surface area contributed by atoms with Crippen molar-refractivity contribution in [3.63, 3.8) is 0 Å². The number of rotatable bonds is 6. The van der Waals surface area contributed by atoms with Gasteiger partial charge in [-0.3, -0.25) is 4.79 Å². The molecule has 0 unspecified atom stereocenters. The van der Waals surface area contributed by atoms with Crippen molar-refractivity contribution < 1.29 is 9.18 Å². The number of hydrogen-bond acceptors (Lipinski definition) is 2. The fourth-order valence-corrected chi connectivity index (χ4v) is 1.29. The largest absolute Gasteiger partial charge is 0.351 e. The maximum Gasteiger partial charge on any atom is 0.234 e. The van der Waals surface area contributed by atoms with Crippen LogP contribution in [0.5, 0.6) is 0 Å². The second-order valence-electron chi connectivity index (χ2n) is 3.58. The molecule has 0 atom stereocenters. The van der Waals surface area contributed by atoms with Crippen LogP contribution >= 0.6 is 0 Å². The first-order valence-electron chi connectivity index (χ1n) is 5.44. The van der Waals surface area contributed by atoms with Crippen molar-refractivity contribution in [2.75, 3.05) is 13.1 Å². The molecule has 16 heavy (non-hydrogen) atoms. The van der Waals surface area contributed by atoms with Crippen molar-refractivity contribution in [3.8, 4) is 0 Å². The Labute approximate surface area is 95.0 Å². The summed E-state index contributed by atoms with van der Waals surface area (Å²) in [7, 11) is 0. The fraction of sp³-hybridized carbons (Fsp3) is 0.417. The molecular formula is C12H17FN2O. The second-order valence-corrected chi connectivity index (χ2v) is 3.58. The molecule has 1 aromatic carbocycles. The van der Waals surface area contributed by atoms with E-state index < -0.39 is 0 Å². The summed E-state index contributed by atoms with van der Waals surface area (Å²) in [4.78, 5) is 11.3. The SMILES string of the molecule is CCCNCC(=O)NCc1cccc(F)c1. The van der Waals surface area contributed by atoms with Crippen LogP contribution in [0.2, 0.25) is 0 Å². The Balaban J connectivity index is 2.26. The monoisotopic (exact) mass is 224 g/mol. The molecular weight excluding hydrogens is 207 g/mol. The average molecular weight is 224 g/mol. The second kappa shape index (κ2) is 6.95. The van der Waals surface area contributed by atoms with Crippen molar-refractivity contribution >= 4 is 5.91 Å². The molecule has 0 bridgehead atoms. The minimum absolute atomic E-state index is 0.0716. The van der Waals surface area contributed by atoms with Crippen LogP contribution in [0.25, 0.3) is 0 Å². The molecule has 88 valence electrons. The van der Waals surface area contributed by atoms with Gasteiger partial charge in [0, 0.05) is 6.54 Å². The lowest BCUT2D eigenvalue weighted by atomic mass is 10.2. The summed E-state index contributed by atoms with van der Waals surface area (Å²) in [6.07, 6.45) is 0.997. The summed E-state index contributed by atoms with van der Waals surface area (Å²) in [6, 6.07) is 6.21. The first-order valence-corrected chi connectivity index (χ1v) is 5.44. The molecule has 0 spiro atoms. The molecule has 0 heterocycles. The molecule has 0 saturated carbocycles. The lowest BCUT2D eigenvalue weighted by Gasteiger charge is -2.06. The summed E-state index contributed by atoms with van der Waals surface area (Å²) in [5, 5.41) is 5.71. The zero-order valence-electron chi connectivity index (χ0n) is 9.42. The standard InChI is InChI=1S/C12H17FN2O/c1-2-6-14-9-12(16)15-8-10-4-3-5-11(13)7-10/h3-5,7,14H,2,6,8-9H2,1H3,(H,15,16). The molecule has 1 aromatic rings. The van der Waals surface area contributed by atoms with Crippen LogP contribution in [-0.4, -0.2) is 19.0 Å². The van der Waals surface area contributed by atoms with Crippen molar-refractivity contribution in [3.05, 3.63) is 35.6 Å². The number of benzene rings is 1. The Morgan fingerprint density at radius 2 is 2.25 bits per heavy atom. The Hall–Kier alpha value is -1.42. The van der Waals surface area contributed by atoms with Gasteiger partial charge in [-0.2, -0.15) is 0 Å². The van der Waals surface area contributed by atoms with Crippen LogP contribution in [0.15, 0.2) is 24.3 Å². The van der Waals surface area contributed by atoms with Gasteiger partial charge in [-0.05, 0) is 30.7 Å². The van der Waals surface area contributed by atoms with E-state index in [9.17, 15) is 9.18 Å². The topological polar surface area (TPSA) is 41.1 Å². The number of nitrogens with one attached hydrogen (secondary N) is 2. The summed E-state index contributed by atoms with van der Waals surface area (Å²) in [6.45, 7) is 3.54. The fourth-order valence-electron chi connectivity index (χ4n) is 1.29. The lowest BCUT2D eigenvalue weighted by molar-refractivity contribution is -0.120. The highest BCUT2D eigenvalue weighted by Gasteiger charge is 2.00. The third-order valence-electron chi connectivity index (χ3n) is 2.09. The minimum atomic E-state index is -0.282. The first kappa shape index (κ1) is 12.6. The Morgan fingerprint density at radius 3 is 2.94 bits per heavy atom. The van der Waals surface area contributed by atoms with Crippen LogP contribution < -0.4 is 10.6 Å². The first-order chi connectivity index (χ1) is 7.72. The van der Waals surface area contributed by atoms with Crippen molar-refractivity contribution in [2.24, 2.45) is 0 Å². The molecule has 0 aliphatic rings. The lowest BCUT2D eigenvalue weighted by Crippen LogP contribution is -2.33. The zero-order chi connectivity index (χ0) is 11.8. The average Bonchev–Trinajstić information content (AvgIpc) is 2.27. The molecule has 1 rings (SSSR count). The van der Waals surface area contributed by atoms with E-state index >= 15 is 0 Å². The zero-order valence-corrected chi connectivity index (χ0v) is 9.42. The molecule has 0 saturated heterocycles. The van der Waals surface area contributed by atoms with Crippen LogP contribution in [0.1, 0.15) is 18.9 Å². The number of carbonyl (C=O) groups excluding carboxylic acids is 1. The molecule has 2 N–H and O–H groups in total. The maximum absolute atomic E-state index is 12.8. The van der Waals surface area contributed by atoms with Gasteiger partial charge in [0.05, 0.1) is 6.54 Å². The van der Waals surface area contributed by atoms with Gasteiger partial charge in [-0.15, -0.1) is 0 Å². The van der Waals surface area contributed by atoms with Gasteiger partial charge in [0.1, 0.15) is 5.82 Å². The minimum Gasteiger partial charge on any atom is -0.351 e. The van der Waals surface area contributed by atoms with Crippen molar-refractivity contribution in [1.29, 1.82) is 0 Å². The van der Waals surface area contributed by atoms with Crippen molar-refractivity contribution in [1.82, 2.24) is 10.6 Å². The Kier molecular flexibility index (Phi) is 5.50. The van der Waals surface area contributed by atoms with E-state index in [0.717, 1.165) is 18.5 Å². The highest BCUT2D eigenvalue weighted by molar-refractivity contribution is 5.77. The van der Waals surface area contributed by atoms with E-state index in [2.05, 4.69) is 10.6 Å². The van der Waals surface area contributed by atoms with Crippen LogP contribution in [0.4, 0.5) is 4.39 Å². The van der Waals surface area contributed by atoms with E-state index in [0.29, 0.717) is 13.1 Å². The van der Waals surface area contributed by atoms with Gasteiger partial charge in [-0.25, -0.2) is 4.39 Å². The Morgan fingerprint density at radius 1 is 1.44 bits per heavy atom. The third-order valence-corrected chi connectivity index (χ3v) is 2.09. The van der Waals surface area contributed by atoms with Crippen molar-refractivity contribution in [2.45, 2.75) is 19.9 Å². The van der Waals surface area contributed by atoms with E-state index in [1.165, 1.54) is 12.1 Å². The van der Waals surface area contributed by atoms with Gasteiger partial charge in [0.15, 0.2) is 0 Å². The van der Waals surface area contributed by atoms with Gasteiger partial charge < -0.3 is 10.6 Å². The molecule has 0 radical (unpaired) electrons. The van der Waals surface area contributed by atoms with E-state index in [4.69, 9.17) is 0 Å². The van der Waals surface area contributed by atoms with Crippen LogP contribution in [0.3, 0.4) is 0 Å².